The van der Waals surface area contributed by atoms with Gasteiger partial charge in [0, 0.05) is 13.0 Å². The van der Waals surface area contributed by atoms with Crippen molar-refractivity contribution in [3.05, 3.63) is 29.6 Å². The van der Waals surface area contributed by atoms with E-state index in [-0.39, 0.29) is 11.3 Å². The van der Waals surface area contributed by atoms with Gasteiger partial charge in [-0.1, -0.05) is 0 Å². The van der Waals surface area contributed by atoms with E-state index in [0.29, 0.717) is 13.0 Å². The number of rotatable bonds is 6. The van der Waals surface area contributed by atoms with E-state index in [4.69, 9.17) is 11.5 Å². The van der Waals surface area contributed by atoms with Gasteiger partial charge in [0.05, 0.1) is 11.3 Å². The SMILES string of the molecule is C#CCCCCNC(=O)Nc1cc(C(=O)O)ccc1F. The van der Waals surface area contributed by atoms with Crippen molar-refractivity contribution in [1.82, 2.24) is 5.32 Å². The summed E-state index contributed by atoms with van der Waals surface area (Å²) in [5.41, 5.74) is -0.276. The Balaban J connectivity index is 2.51. The number of carboxylic acids is 1. The minimum atomic E-state index is -1.19. The molecule has 6 heteroatoms. The number of unbranched alkanes of at least 4 members (excludes halogenated alkanes) is 2. The zero-order valence-corrected chi connectivity index (χ0v) is 10.8. The minimum Gasteiger partial charge on any atom is -0.478 e. The Bertz CT molecular complexity index is 538. The quantitative estimate of drug-likeness (QED) is 0.552. The Morgan fingerprint density at radius 3 is 2.75 bits per heavy atom. The van der Waals surface area contributed by atoms with Gasteiger partial charge in [0.15, 0.2) is 0 Å². The molecule has 1 rings (SSSR count). The number of carbonyl (C=O) groups is 2. The highest BCUT2D eigenvalue weighted by Gasteiger charge is 2.10. The number of urea groups is 1. The van der Waals surface area contributed by atoms with Gasteiger partial charge in [0.25, 0.3) is 0 Å². The van der Waals surface area contributed by atoms with E-state index in [0.717, 1.165) is 31.0 Å². The topological polar surface area (TPSA) is 78.4 Å². The smallest absolute Gasteiger partial charge is 0.335 e. The zero-order chi connectivity index (χ0) is 15.0. The van der Waals surface area contributed by atoms with E-state index >= 15 is 0 Å². The molecular weight excluding hydrogens is 263 g/mol. The summed E-state index contributed by atoms with van der Waals surface area (Å²) in [5.74, 6) is 0.598. The predicted molar refractivity (Wildman–Crippen MR) is 73.1 cm³/mol. The molecule has 106 valence electrons. The average molecular weight is 278 g/mol. The third kappa shape index (κ3) is 4.98. The van der Waals surface area contributed by atoms with Crippen LogP contribution in [-0.4, -0.2) is 23.7 Å². The maximum Gasteiger partial charge on any atom is 0.335 e. The van der Waals surface area contributed by atoms with Gasteiger partial charge in [-0.25, -0.2) is 14.0 Å². The highest BCUT2D eigenvalue weighted by atomic mass is 19.1. The van der Waals surface area contributed by atoms with Crippen LogP contribution in [0.25, 0.3) is 0 Å². The number of anilines is 1. The summed E-state index contributed by atoms with van der Waals surface area (Å²) in [6.07, 6.45) is 7.23. The largest absolute Gasteiger partial charge is 0.478 e. The number of amides is 2. The van der Waals surface area contributed by atoms with Crippen molar-refractivity contribution in [2.75, 3.05) is 11.9 Å². The highest BCUT2D eigenvalue weighted by Crippen LogP contribution is 2.16. The molecule has 0 fully saturated rings. The minimum absolute atomic E-state index is 0.101. The van der Waals surface area contributed by atoms with Crippen molar-refractivity contribution in [2.45, 2.75) is 19.3 Å². The Kier molecular flexibility index (Phi) is 6.04. The van der Waals surface area contributed by atoms with E-state index < -0.39 is 17.8 Å². The molecule has 0 aliphatic carbocycles. The highest BCUT2D eigenvalue weighted by molar-refractivity contribution is 5.93. The number of benzene rings is 1. The van der Waals surface area contributed by atoms with E-state index in [2.05, 4.69) is 16.6 Å². The summed E-state index contributed by atoms with van der Waals surface area (Å²) >= 11 is 0. The van der Waals surface area contributed by atoms with Gasteiger partial charge in [-0.3, -0.25) is 0 Å². The fourth-order valence-electron chi connectivity index (χ4n) is 1.47. The van der Waals surface area contributed by atoms with Gasteiger partial charge in [-0.2, -0.15) is 0 Å². The van der Waals surface area contributed by atoms with Crippen molar-refractivity contribution in [2.24, 2.45) is 0 Å². The second kappa shape index (κ2) is 7.79. The molecule has 0 aliphatic heterocycles. The van der Waals surface area contributed by atoms with Crippen molar-refractivity contribution < 1.29 is 19.1 Å². The fraction of sp³-hybridized carbons (Fsp3) is 0.286. The van der Waals surface area contributed by atoms with Crippen LogP contribution >= 0.6 is 0 Å². The van der Waals surface area contributed by atoms with Crippen LogP contribution in [0.5, 0.6) is 0 Å². The number of aromatic carboxylic acids is 1. The summed E-state index contributed by atoms with van der Waals surface area (Å²) < 4.78 is 13.4. The molecule has 0 aromatic heterocycles. The predicted octanol–water partition coefficient (Wildman–Crippen LogP) is 2.45. The van der Waals surface area contributed by atoms with Gasteiger partial charge in [0.1, 0.15) is 5.82 Å². The maximum absolute atomic E-state index is 13.4. The Morgan fingerprint density at radius 1 is 1.35 bits per heavy atom. The van der Waals surface area contributed by atoms with Gasteiger partial charge < -0.3 is 15.7 Å². The molecule has 0 spiro atoms. The van der Waals surface area contributed by atoms with E-state index in [1.54, 1.807) is 0 Å². The van der Waals surface area contributed by atoms with Crippen molar-refractivity contribution >= 4 is 17.7 Å². The summed E-state index contributed by atoms with van der Waals surface area (Å²) in [4.78, 5) is 22.3. The third-order valence-electron chi connectivity index (χ3n) is 2.49. The van der Waals surface area contributed by atoms with Crippen LogP contribution in [0.2, 0.25) is 0 Å². The lowest BCUT2D eigenvalue weighted by Crippen LogP contribution is -2.30. The number of nitrogens with one attached hydrogen (secondary N) is 2. The van der Waals surface area contributed by atoms with Crippen LogP contribution in [0.15, 0.2) is 18.2 Å². The van der Waals surface area contributed by atoms with E-state index in [1.807, 2.05) is 0 Å². The summed E-state index contributed by atoms with van der Waals surface area (Å²) in [7, 11) is 0. The first-order valence-electron chi connectivity index (χ1n) is 6.05. The van der Waals surface area contributed by atoms with Gasteiger partial charge in [-0.15, -0.1) is 12.3 Å². The lowest BCUT2D eigenvalue weighted by atomic mass is 10.2. The first kappa shape index (κ1) is 15.5. The number of terminal acetylenes is 1. The zero-order valence-electron chi connectivity index (χ0n) is 10.8. The summed E-state index contributed by atoms with van der Waals surface area (Å²) in [6.45, 7) is 0.410. The molecule has 0 atom stereocenters. The molecule has 5 nitrogen and oxygen atoms in total. The van der Waals surface area contributed by atoms with Crippen molar-refractivity contribution in [1.29, 1.82) is 0 Å². The number of carbonyl (C=O) groups excluding carboxylic acids is 1. The average Bonchev–Trinajstić information content (AvgIpc) is 2.40. The Labute approximate surface area is 116 Å². The molecule has 0 unspecified atom stereocenters. The van der Waals surface area contributed by atoms with Crippen LogP contribution in [0.3, 0.4) is 0 Å². The molecule has 20 heavy (non-hydrogen) atoms. The second-order valence-corrected chi connectivity index (χ2v) is 4.04. The molecule has 0 aliphatic rings. The normalized spacial score (nSPS) is 9.60. The Hall–Kier alpha value is -2.55. The lowest BCUT2D eigenvalue weighted by molar-refractivity contribution is 0.0697. The molecule has 2 amide bonds. The molecule has 1 aromatic carbocycles. The third-order valence-corrected chi connectivity index (χ3v) is 2.49. The number of hydrogen-bond acceptors (Lipinski definition) is 2. The first-order chi connectivity index (χ1) is 9.54. The number of carboxylic acid groups (broad SMARTS) is 1. The number of halogens is 1. The van der Waals surface area contributed by atoms with Crippen molar-refractivity contribution in [3.8, 4) is 12.3 Å². The molecule has 0 saturated carbocycles. The monoisotopic (exact) mass is 278 g/mol. The second-order valence-electron chi connectivity index (χ2n) is 4.04. The van der Waals surface area contributed by atoms with Crippen LogP contribution in [0, 0.1) is 18.2 Å². The van der Waals surface area contributed by atoms with Crippen LogP contribution < -0.4 is 10.6 Å². The van der Waals surface area contributed by atoms with Crippen LogP contribution in [0.1, 0.15) is 29.6 Å². The summed E-state index contributed by atoms with van der Waals surface area (Å²) in [5, 5.41) is 13.6. The fourth-order valence-corrected chi connectivity index (χ4v) is 1.47. The molecule has 3 N–H and O–H groups in total. The standard InChI is InChI=1S/C14H15FN2O3/c1-2-3-4-5-8-16-14(20)17-12-9-10(13(18)19)6-7-11(12)15/h1,6-7,9H,3-5,8H2,(H,18,19)(H2,16,17,20). The molecule has 0 heterocycles. The van der Waals surface area contributed by atoms with Gasteiger partial charge >= 0.3 is 12.0 Å². The van der Waals surface area contributed by atoms with Crippen LogP contribution in [0.4, 0.5) is 14.9 Å². The van der Waals surface area contributed by atoms with Crippen LogP contribution in [-0.2, 0) is 0 Å². The molecule has 0 bridgehead atoms. The van der Waals surface area contributed by atoms with Gasteiger partial charge in [-0.05, 0) is 31.0 Å². The molecule has 0 radical (unpaired) electrons. The number of hydrogen-bond donors (Lipinski definition) is 3. The Morgan fingerprint density at radius 2 is 2.10 bits per heavy atom. The summed E-state index contributed by atoms with van der Waals surface area (Å²) in [6, 6.07) is 2.59. The first-order valence-corrected chi connectivity index (χ1v) is 6.05. The molecule has 0 saturated heterocycles. The maximum atomic E-state index is 13.4. The van der Waals surface area contributed by atoms with E-state index in [9.17, 15) is 14.0 Å². The molecule has 1 aromatic rings. The van der Waals surface area contributed by atoms with Gasteiger partial charge in [0.2, 0.25) is 0 Å². The lowest BCUT2D eigenvalue weighted by Gasteiger charge is -2.08. The molecular formula is C14H15FN2O3. The van der Waals surface area contributed by atoms with E-state index in [1.165, 1.54) is 0 Å². The van der Waals surface area contributed by atoms with Crippen molar-refractivity contribution in [3.63, 3.8) is 0 Å².